The first-order chi connectivity index (χ1) is 6.79. The third-order valence-electron chi connectivity index (χ3n) is 1.65. The Bertz CT molecular complexity index is 439. The van der Waals surface area contributed by atoms with Crippen molar-refractivity contribution < 1.29 is 0 Å². The van der Waals surface area contributed by atoms with Gasteiger partial charge >= 0.3 is 0 Å². The van der Waals surface area contributed by atoms with Gasteiger partial charge in [-0.15, -0.1) is 10.2 Å². The molecule has 0 bridgehead atoms. The van der Waals surface area contributed by atoms with E-state index in [4.69, 9.17) is 5.73 Å². The molecule has 0 fully saturated rings. The molecule has 0 unspecified atom stereocenters. The monoisotopic (exact) mass is 207 g/mol. The molecule has 3 N–H and O–H groups in total. The van der Waals surface area contributed by atoms with Crippen LogP contribution in [0.4, 0.5) is 10.8 Å². The minimum atomic E-state index is 0.628. The number of nitrogen functional groups attached to an aromatic ring is 1. The van der Waals surface area contributed by atoms with Crippen molar-refractivity contribution in [1.29, 1.82) is 0 Å². The van der Waals surface area contributed by atoms with Gasteiger partial charge in [0.2, 0.25) is 5.13 Å². The molecule has 0 radical (unpaired) electrons. The highest BCUT2D eigenvalue weighted by Gasteiger charge is 2.05. The summed E-state index contributed by atoms with van der Waals surface area (Å²) in [6.07, 6.45) is 3.32. The average Bonchev–Trinajstić information content (AvgIpc) is 2.66. The second kappa shape index (κ2) is 3.59. The van der Waals surface area contributed by atoms with E-state index in [1.807, 2.05) is 13.1 Å². The number of hydrogen-bond donors (Lipinski definition) is 2. The van der Waals surface area contributed by atoms with E-state index in [9.17, 15) is 0 Å². The second-order valence-electron chi connectivity index (χ2n) is 2.67. The van der Waals surface area contributed by atoms with E-state index in [1.54, 1.807) is 12.4 Å². The zero-order valence-corrected chi connectivity index (χ0v) is 8.38. The predicted molar refractivity (Wildman–Crippen MR) is 57.1 cm³/mol. The SMILES string of the molecule is CNc1nnc(-c2cncc(N)c2)s1. The lowest BCUT2D eigenvalue weighted by Crippen LogP contribution is -1.87. The van der Waals surface area contributed by atoms with Crippen LogP contribution in [0.1, 0.15) is 0 Å². The lowest BCUT2D eigenvalue weighted by atomic mass is 10.3. The van der Waals surface area contributed by atoms with Gasteiger partial charge in [0.1, 0.15) is 0 Å². The normalized spacial score (nSPS) is 10.1. The van der Waals surface area contributed by atoms with Crippen molar-refractivity contribution in [3.63, 3.8) is 0 Å². The van der Waals surface area contributed by atoms with Crippen LogP contribution in [-0.2, 0) is 0 Å². The number of hydrogen-bond acceptors (Lipinski definition) is 6. The Kier molecular flexibility index (Phi) is 2.28. The first kappa shape index (κ1) is 8.89. The first-order valence-corrected chi connectivity index (χ1v) is 4.83. The highest BCUT2D eigenvalue weighted by atomic mass is 32.1. The van der Waals surface area contributed by atoms with E-state index in [0.717, 1.165) is 15.7 Å². The Hall–Kier alpha value is -1.69. The van der Waals surface area contributed by atoms with Gasteiger partial charge in [0.25, 0.3) is 0 Å². The molecule has 0 saturated carbocycles. The van der Waals surface area contributed by atoms with Gasteiger partial charge in [0.05, 0.1) is 5.69 Å². The topological polar surface area (TPSA) is 76.7 Å². The summed E-state index contributed by atoms with van der Waals surface area (Å²) in [6.45, 7) is 0. The smallest absolute Gasteiger partial charge is 0.205 e. The second-order valence-corrected chi connectivity index (χ2v) is 3.65. The van der Waals surface area contributed by atoms with Gasteiger partial charge in [-0.05, 0) is 6.07 Å². The predicted octanol–water partition coefficient (Wildman–Crippen LogP) is 1.22. The van der Waals surface area contributed by atoms with Crippen LogP contribution in [-0.4, -0.2) is 22.2 Å². The Balaban J connectivity index is 2.39. The highest BCUT2D eigenvalue weighted by molar-refractivity contribution is 7.18. The molecule has 14 heavy (non-hydrogen) atoms. The Morgan fingerprint density at radius 2 is 2.21 bits per heavy atom. The number of nitrogens with zero attached hydrogens (tertiary/aromatic N) is 3. The van der Waals surface area contributed by atoms with E-state index < -0.39 is 0 Å². The minimum absolute atomic E-state index is 0.628. The lowest BCUT2D eigenvalue weighted by Gasteiger charge is -1.95. The van der Waals surface area contributed by atoms with Gasteiger partial charge < -0.3 is 11.1 Å². The molecule has 0 saturated heterocycles. The first-order valence-electron chi connectivity index (χ1n) is 4.02. The van der Waals surface area contributed by atoms with Crippen LogP contribution in [0.3, 0.4) is 0 Å². The van der Waals surface area contributed by atoms with Crippen LogP contribution in [0.25, 0.3) is 10.6 Å². The molecule has 72 valence electrons. The summed E-state index contributed by atoms with van der Waals surface area (Å²) in [5.74, 6) is 0. The standard InChI is InChI=1S/C8H9N5S/c1-10-8-13-12-7(14-8)5-2-6(9)4-11-3-5/h2-4H,9H2,1H3,(H,10,13). The lowest BCUT2D eigenvalue weighted by molar-refractivity contribution is 1.09. The summed E-state index contributed by atoms with van der Waals surface area (Å²) in [4.78, 5) is 3.99. The molecule has 0 aliphatic heterocycles. The van der Waals surface area contributed by atoms with Gasteiger partial charge in [-0.2, -0.15) is 0 Å². The molecule has 2 aromatic rings. The van der Waals surface area contributed by atoms with Crippen molar-refractivity contribution in [2.45, 2.75) is 0 Å². The maximum Gasteiger partial charge on any atom is 0.205 e. The van der Waals surface area contributed by atoms with E-state index in [0.29, 0.717) is 5.69 Å². The van der Waals surface area contributed by atoms with Crippen molar-refractivity contribution in [2.24, 2.45) is 0 Å². The van der Waals surface area contributed by atoms with Crippen molar-refractivity contribution in [3.8, 4) is 10.6 Å². The number of nitrogens with two attached hydrogens (primary N) is 1. The molecule has 0 aliphatic carbocycles. The maximum absolute atomic E-state index is 5.61. The van der Waals surface area contributed by atoms with Crippen molar-refractivity contribution in [2.75, 3.05) is 18.1 Å². The average molecular weight is 207 g/mol. The Morgan fingerprint density at radius 1 is 1.36 bits per heavy atom. The molecule has 0 spiro atoms. The number of nitrogens with one attached hydrogen (secondary N) is 1. The third-order valence-corrected chi connectivity index (χ3v) is 2.64. The molecule has 6 heteroatoms. The van der Waals surface area contributed by atoms with E-state index in [1.165, 1.54) is 11.3 Å². The summed E-state index contributed by atoms with van der Waals surface area (Å²) in [5.41, 5.74) is 7.13. The number of anilines is 2. The van der Waals surface area contributed by atoms with Crippen molar-refractivity contribution >= 4 is 22.2 Å². The minimum Gasteiger partial charge on any atom is -0.397 e. The largest absolute Gasteiger partial charge is 0.397 e. The Morgan fingerprint density at radius 3 is 2.86 bits per heavy atom. The van der Waals surface area contributed by atoms with Gasteiger partial charge in [0.15, 0.2) is 5.01 Å². The fourth-order valence-corrected chi connectivity index (χ4v) is 1.69. The molecule has 2 rings (SSSR count). The number of pyridine rings is 1. The van der Waals surface area contributed by atoms with Gasteiger partial charge in [0, 0.05) is 25.0 Å². The summed E-state index contributed by atoms with van der Waals surface area (Å²) in [5, 5.41) is 12.5. The molecular weight excluding hydrogens is 198 g/mol. The quantitative estimate of drug-likeness (QED) is 0.774. The van der Waals surface area contributed by atoms with E-state index in [-0.39, 0.29) is 0 Å². The van der Waals surface area contributed by atoms with Crippen LogP contribution < -0.4 is 11.1 Å². The highest BCUT2D eigenvalue weighted by Crippen LogP contribution is 2.26. The summed E-state index contributed by atoms with van der Waals surface area (Å²) >= 11 is 1.47. The number of aromatic nitrogens is 3. The summed E-state index contributed by atoms with van der Waals surface area (Å²) < 4.78 is 0. The van der Waals surface area contributed by atoms with Crippen molar-refractivity contribution in [3.05, 3.63) is 18.5 Å². The fourth-order valence-electron chi connectivity index (χ4n) is 1.02. The van der Waals surface area contributed by atoms with Crippen LogP contribution in [0.15, 0.2) is 18.5 Å². The molecule has 0 aromatic carbocycles. The van der Waals surface area contributed by atoms with E-state index in [2.05, 4.69) is 20.5 Å². The van der Waals surface area contributed by atoms with Gasteiger partial charge in [-0.25, -0.2) is 0 Å². The van der Waals surface area contributed by atoms with Crippen LogP contribution in [0, 0.1) is 0 Å². The van der Waals surface area contributed by atoms with Crippen molar-refractivity contribution in [1.82, 2.24) is 15.2 Å². The molecule has 2 heterocycles. The van der Waals surface area contributed by atoms with E-state index >= 15 is 0 Å². The zero-order valence-electron chi connectivity index (χ0n) is 7.56. The Labute approximate surface area is 85.0 Å². The van der Waals surface area contributed by atoms with Crippen LogP contribution in [0.2, 0.25) is 0 Å². The van der Waals surface area contributed by atoms with Crippen LogP contribution in [0.5, 0.6) is 0 Å². The summed E-state index contributed by atoms with van der Waals surface area (Å²) in [6, 6.07) is 1.83. The van der Waals surface area contributed by atoms with Gasteiger partial charge in [-0.3, -0.25) is 4.98 Å². The van der Waals surface area contributed by atoms with Gasteiger partial charge in [-0.1, -0.05) is 11.3 Å². The molecule has 2 aromatic heterocycles. The molecule has 0 aliphatic rings. The molecule has 0 atom stereocenters. The summed E-state index contributed by atoms with van der Waals surface area (Å²) in [7, 11) is 1.81. The molecule has 5 nitrogen and oxygen atoms in total. The molecule has 0 amide bonds. The maximum atomic E-state index is 5.61. The molecular formula is C8H9N5S. The third kappa shape index (κ3) is 1.64. The van der Waals surface area contributed by atoms with Crippen LogP contribution >= 0.6 is 11.3 Å². The number of rotatable bonds is 2. The zero-order chi connectivity index (χ0) is 9.97. The fraction of sp³-hybridized carbons (Fsp3) is 0.125.